The first-order chi connectivity index (χ1) is 30.2. The third-order valence-corrected chi connectivity index (χ3v) is 13.1. The van der Waals surface area contributed by atoms with E-state index in [1.54, 1.807) is 54.7 Å². The molecule has 2 saturated heterocycles. The minimum Gasteiger partial charge on any atom is -0.489 e. The van der Waals surface area contributed by atoms with Crippen molar-refractivity contribution in [3.05, 3.63) is 87.5 Å². The molecular weight excluding hydrogens is 859 g/mol. The molecule has 3 fully saturated rings. The zero-order valence-electron chi connectivity index (χ0n) is 37.6. The van der Waals surface area contributed by atoms with Gasteiger partial charge in [-0.1, -0.05) is 83.8 Å². The summed E-state index contributed by atoms with van der Waals surface area (Å²) in [7, 11) is 0. The van der Waals surface area contributed by atoms with E-state index in [4.69, 9.17) is 32.7 Å². The van der Waals surface area contributed by atoms with E-state index < -0.39 is 46.2 Å². The van der Waals surface area contributed by atoms with Crippen LogP contribution in [0.5, 0.6) is 5.75 Å². The number of ether oxygens (including phenoxy) is 2. The maximum atomic E-state index is 13.9. The number of likely N-dealkylation sites (tertiary alicyclic amines) is 1. The molecule has 0 unspecified atom stereocenters. The second-order valence-corrected chi connectivity index (χ2v) is 20.0. The van der Waals surface area contributed by atoms with Gasteiger partial charge in [-0.15, -0.1) is 0 Å². The molecule has 64 heavy (non-hydrogen) atoms. The average Bonchev–Trinajstić information content (AvgIpc) is 3.66. The van der Waals surface area contributed by atoms with Gasteiger partial charge < -0.3 is 40.3 Å². The van der Waals surface area contributed by atoms with Crippen molar-refractivity contribution in [3.63, 3.8) is 0 Å². The first-order valence-corrected chi connectivity index (χ1v) is 22.4. The Morgan fingerprint density at radius 1 is 0.984 bits per heavy atom. The summed E-state index contributed by atoms with van der Waals surface area (Å²) < 4.78 is 12.1. The van der Waals surface area contributed by atoms with Gasteiger partial charge in [-0.05, 0) is 47.4 Å². The molecule has 1 aromatic heterocycles. The van der Waals surface area contributed by atoms with Crippen molar-refractivity contribution in [2.24, 2.45) is 16.2 Å². The van der Waals surface area contributed by atoms with Gasteiger partial charge in [0.1, 0.15) is 42.4 Å². The number of nitrogens with zero attached hydrogens (tertiary/aromatic N) is 5. The van der Waals surface area contributed by atoms with Crippen LogP contribution < -0.4 is 25.6 Å². The van der Waals surface area contributed by atoms with Crippen LogP contribution in [0.15, 0.2) is 60.8 Å². The van der Waals surface area contributed by atoms with Crippen molar-refractivity contribution in [1.29, 1.82) is 5.26 Å². The van der Waals surface area contributed by atoms with Crippen LogP contribution in [0.4, 0.5) is 5.82 Å². The Labute approximate surface area is 385 Å². The third kappa shape index (κ3) is 11.3. The second kappa shape index (κ2) is 20.0. The number of amides is 4. The molecule has 0 spiro atoms. The molecule has 3 atom stereocenters. The van der Waals surface area contributed by atoms with Crippen LogP contribution in [-0.2, 0) is 25.7 Å². The summed E-state index contributed by atoms with van der Waals surface area (Å²) in [6.07, 6.45) is 0.613. The number of nitrogens with one attached hydrogen (secondary N) is 3. The molecule has 0 radical (unpaired) electrons. The van der Waals surface area contributed by atoms with E-state index in [9.17, 15) is 29.5 Å². The normalized spacial score (nSPS) is 22.1. The van der Waals surface area contributed by atoms with Gasteiger partial charge in [0.05, 0.1) is 28.9 Å². The average molecular weight is 920 g/mol. The first-order valence-electron chi connectivity index (χ1n) is 21.7. The highest BCUT2D eigenvalue weighted by Gasteiger charge is 2.64. The van der Waals surface area contributed by atoms with Crippen LogP contribution >= 0.6 is 23.2 Å². The Morgan fingerprint density at radius 2 is 1.67 bits per heavy atom. The fourth-order valence-electron chi connectivity index (χ4n) is 9.31. The van der Waals surface area contributed by atoms with Gasteiger partial charge in [0.15, 0.2) is 0 Å². The van der Waals surface area contributed by atoms with E-state index in [2.05, 4.69) is 64.5 Å². The Balaban J connectivity index is 0.916. The molecule has 1 saturated carbocycles. The molecule has 4 amide bonds. The lowest BCUT2D eigenvalue weighted by atomic mass is 9.49. The standard InChI is InChI=1S/C47H60Cl2N8O7/c1-45(2,3)39(42(62)57-27-33(58)22-36(57)41(61)52-25-29-8-12-32(48)13-9-29)53-38(59)28-63-21-20-55-16-18-56(19-17-55)37-15-11-31(26-51-37)40(60)54-43-46(4,5)44(47(43,6)7)64-34-14-10-30(24-50)35(49)23-34/h8-15,23,26,33,36,39,43-44,58H,16-22,25,27-28H2,1-7H3,(H,52,61)(H,53,59)(H,54,60)/t33-,36+,39-,43-,44-/m1/s1. The molecule has 0 bridgehead atoms. The molecule has 3 heterocycles. The fourth-order valence-corrected chi connectivity index (χ4v) is 9.65. The lowest BCUT2D eigenvalue weighted by Crippen LogP contribution is -2.74. The summed E-state index contributed by atoms with van der Waals surface area (Å²) in [6.45, 7) is 17.6. The van der Waals surface area contributed by atoms with Gasteiger partial charge >= 0.3 is 0 Å². The summed E-state index contributed by atoms with van der Waals surface area (Å²) in [4.78, 5) is 64.1. The quantitative estimate of drug-likeness (QED) is 0.153. The van der Waals surface area contributed by atoms with E-state index in [0.29, 0.717) is 40.1 Å². The summed E-state index contributed by atoms with van der Waals surface area (Å²) in [5, 5.41) is 29.5. The molecule has 344 valence electrons. The first kappa shape index (κ1) is 48.5. The van der Waals surface area contributed by atoms with E-state index in [-0.39, 0.29) is 50.1 Å². The van der Waals surface area contributed by atoms with Crippen LogP contribution in [0.1, 0.15) is 76.4 Å². The fraction of sp³-hybridized carbons (Fsp3) is 0.532. The number of aliphatic hydroxyl groups is 1. The molecule has 3 aliphatic rings. The number of rotatable bonds is 15. The van der Waals surface area contributed by atoms with Crippen molar-refractivity contribution in [2.75, 3.05) is 57.4 Å². The molecule has 2 aliphatic heterocycles. The van der Waals surface area contributed by atoms with E-state index in [0.717, 1.165) is 37.6 Å². The van der Waals surface area contributed by atoms with Crippen molar-refractivity contribution in [2.45, 2.75) is 91.8 Å². The maximum absolute atomic E-state index is 13.9. The predicted octanol–water partition coefficient (Wildman–Crippen LogP) is 4.82. The minimum atomic E-state index is -0.955. The van der Waals surface area contributed by atoms with Crippen LogP contribution in [0, 0.1) is 27.6 Å². The number of benzene rings is 2. The van der Waals surface area contributed by atoms with Gasteiger partial charge in [0.2, 0.25) is 17.7 Å². The Hall–Kier alpha value is -4.98. The topological polar surface area (TPSA) is 189 Å². The zero-order valence-corrected chi connectivity index (χ0v) is 39.1. The Morgan fingerprint density at radius 3 is 2.28 bits per heavy atom. The summed E-state index contributed by atoms with van der Waals surface area (Å²) >= 11 is 12.2. The van der Waals surface area contributed by atoms with Crippen LogP contribution in [0.25, 0.3) is 0 Å². The van der Waals surface area contributed by atoms with Gasteiger partial charge in [0.25, 0.3) is 5.91 Å². The summed E-state index contributed by atoms with van der Waals surface area (Å²) in [6, 6.07) is 15.8. The lowest BCUT2D eigenvalue weighted by Gasteiger charge is -2.63. The molecule has 6 rings (SSSR count). The molecule has 17 heteroatoms. The van der Waals surface area contributed by atoms with Crippen molar-refractivity contribution in [1.82, 2.24) is 30.7 Å². The third-order valence-electron chi connectivity index (χ3n) is 12.6. The number of aliphatic hydroxyl groups excluding tert-OH is 1. The van der Waals surface area contributed by atoms with Gasteiger partial charge in [-0.3, -0.25) is 24.1 Å². The van der Waals surface area contributed by atoms with Crippen LogP contribution in [-0.4, -0.2) is 126 Å². The number of aromatic nitrogens is 1. The second-order valence-electron chi connectivity index (χ2n) is 19.2. The predicted molar refractivity (Wildman–Crippen MR) is 244 cm³/mol. The largest absolute Gasteiger partial charge is 0.489 e. The Kier molecular flexibility index (Phi) is 15.2. The minimum absolute atomic E-state index is 0.0153. The number of carbonyl (C=O) groups excluding carboxylic acids is 4. The van der Waals surface area contributed by atoms with E-state index in [1.807, 2.05) is 26.8 Å². The number of anilines is 1. The highest BCUT2D eigenvalue weighted by Crippen LogP contribution is 2.55. The molecule has 3 aromatic rings. The molecule has 4 N–H and O–H groups in total. The zero-order chi connectivity index (χ0) is 46.6. The number of nitriles is 1. The van der Waals surface area contributed by atoms with E-state index in [1.165, 1.54) is 4.90 Å². The van der Waals surface area contributed by atoms with Gasteiger partial charge in [0, 0.05) is 86.4 Å². The summed E-state index contributed by atoms with van der Waals surface area (Å²) in [5.74, 6) is -0.138. The highest BCUT2D eigenvalue weighted by molar-refractivity contribution is 6.31. The van der Waals surface area contributed by atoms with Crippen LogP contribution in [0.2, 0.25) is 10.0 Å². The number of pyridine rings is 1. The number of halogens is 2. The van der Waals surface area contributed by atoms with Gasteiger partial charge in [-0.25, -0.2) is 4.98 Å². The van der Waals surface area contributed by atoms with Crippen molar-refractivity contribution < 1.29 is 33.8 Å². The smallest absolute Gasteiger partial charge is 0.253 e. The van der Waals surface area contributed by atoms with Crippen molar-refractivity contribution in [3.8, 4) is 11.8 Å². The molecule has 1 aliphatic carbocycles. The SMILES string of the molecule is CC(C)(C)[C@H](NC(=O)COCCN1CCN(c2ccc(C(=O)N[C@H]3C(C)(C)[C@H](Oc4ccc(C#N)c(Cl)c4)C3(C)C)cn2)CC1)C(=O)N1C[C@H](O)C[C@H]1C(=O)NCc1ccc(Cl)cc1. The number of piperazine rings is 1. The number of carbonyl (C=O) groups is 4. The lowest BCUT2D eigenvalue weighted by molar-refractivity contribution is -0.164. The highest BCUT2D eigenvalue weighted by atomic mass is 35.5. The van der Waals surface area contributed by atoms with Crippen LogP contribution in [0.3, 0.4) is 0 Å². The monoisotopic (exact) mass is 918 g/mol. The molecular formula is C47H60Cl2N8O7. The molecule has 2 aromatic carbocycles. The van der Waals surface area contributed by atoms with Gasteiger partial charge in [-0.2, -0.15) is 5.26 Å². The summed E-state index contributed by atoms with van der Waals surface area (Å²) in [5.41, 5.74) is 0.198. The van der Waals surface area contributed by atoms with E-state index >= 15 is 0 Å². The number of hydrogen-bond donors (Lipinski definition) is 4. The molecule has 15 nitrogen and oxygen atoms in total. The number of β-amino-alcohol motifs (C(OH)–C–C–N with tert-alkyl or cyclic N) is 1. The number of hydrogen-bond acceptors (Lipinski definition) is 11. The Bertz CT molecular complexity index is 2190. The van der Waals surface area contributed by atoms with Crippen molar-refractivity contribution >= 4 is 52.6 Å². The maximum Gasteiger partial charge on any atom is 0.253 e.